The summed E-state index contributed by atoms with van der Waals surface area (Å²) in [6, 6.07) is 0. The Morgan fingerprint density at radius 3 is 2.28 bits per heavy atom. The van der Waals surface area contributed by atoms with Gasteiger partial charge in [-0.05, 0) is 33.6 Å². The van der Waals surface area contributed by atoms with Crippen LogP contribution in [0.2, 0.25) is 0 Å². The first kappa shape index (κ1) is 14.8. The van der Waals surface area contributed by atoms with E-state index >= 15 is 0 Å². The van der Waals surface area contributed by atoms with Gasteiger partial charge in [-0.1, -0.05) is 13.3 Å². The van der Waals surface area contributed by atoms with Crippen molar-refractivity contribution < 1.29 is 19.1 Å². The number of amides is 1. The molecule has 1 rings (SSSR count). The van der Waals surface area contributed by atoms with Crippen molar-refractivity contribution in [1.29, 1.82) is 0 Å². The largest absolute Gasteiger partial charge is 0.467 e. The number of likely N-dealkylation sites (tertiary alicyclic amines) is 1. The summed E-state index contributed by atoms with van der Waals surface area (Å²) < 4.78 is 10.1. The molecule has 0 aromatic heterocycles. The molecule has 5 heteroatoms. The molecule has 0 radical (unpaired) electrons. The molecule has 0 aromatic rings. The molecule has 0 aromatic carbocycles. The van der Waals surface area contributed by atoms with Crippen LogP contribution < -0.4 is 0 Å². The maximum Gasteiger partial charge on any atom is 0.411 e. The van der Waals surface area contributed by atoms with Gasteiger partial charge in [0.05, 0.1) is 7.11 Å². The molecule has 1 fully saturated rings. The molecule has 1 amide bonds. The number of esters is 1. The van der Waals surface area contributed by atoms with E-state index in [0.29, 0.717) is 19.4 Å². The van der Waals surface area contributed by atoms with Crippen molar-refractivity contribution in [3.8, 4) is 0 Å². The van der Waals surface area contributed by atoms with E-state index in [1.807, 2.05) is 27.7 Å². The Morgan fingerprint density at radius 2 is 1.94 bits per heavy atom. The first-order valence-corrected chi connectivity index (χ1v) is 6.36. The van der Waals surface area contributed by atoms with Crippen LogP contribution in [0, 0.1) is 0 Å². The van der Waals surface area contributed by atoms with Gasteiger partial charge < -0.3 is 9.47 Å². The smallest absolute Gasteiger partial charge is 0.411 e. The van der Waals surface area contributed by atoms with Gasteiger partial charge in [0.1, 0.15) is 11.1 Å². The Bertz CT molecular complexity index is 334. The second-order valence-corrected chi connectivity index (χ2v) is 5.66. The van der Waals surface area contributed by atoms with Crippen molar-refractivity contribution in [3.63, 3.8) is 0 Å². The molecule has 104 valence electrons. The maximum absolute atomic E-state index is 12.0. The van der Waals surface area contributed by atoms with Gasteiger partial charge in [-0.25, -0.2) is 9.59 Å². The molecular weight excluding hydrogens is 234 g/mol. The Morgan fingerprint density at radius 1 is 1.33 bits per heavy atom. The lowest BCUT2D eigenvalue weighted by Crippen LogP contribution is -2.67. The van der Waals surface area contributed by atoms with Crippen molar-refractivity contribution >= 4 is 12.1 Å². The number of carbonyl (C=O) groups is 2. The van der Waals surface area contributed by atoms with Crippen LogP contribution >= 0.6 is 0 Å². The lowest BCUT2D eigenvalue weighted by molar-refractivity contribution is -0.164. The molecule has 1 unspecified atom stereocenters. The summed E-state index contributed by atoms with van der Waals surface area (Å²) in [4.78, 5) is 25.5. The third kappa shape index (κ3) is 2.76. The van der Waals surface area contributed by atoms with E-state index < -0.39 is 17.2 Å². The van der Waals surface area contributed by atoms with Crippen LogP contribution in [0.3, 0.4) is 0 Å². The van der Waals surface area contributed by atoms with E-state index in [2.05, 4.69) is 0 Å². The molecule has 0 N–H and O–H groups in total. The van der Waals surface area contributed by atoms with Crippen LogP contribution in [0.25, 0.3) is 0 Å². The highest BCUT2D eigenvalue weighted by molar-refractivity contribution is 5.87. The van der Waals surface area contributed by atoms with Crippen LogP contribution in [-0.4, -0.2) is 41.8 Å². The van der Waals surface area contributed by atoms with Crippen LogP contribution in [-0.2, 0) is 14.3 Å². The molecular formula is C13H23NO4. The molecule has 1 saturated heterocycles. The van der Waals surface area contributed by atoms with Gasteiger partial charge in [-0.3, -0.25) is 4.90 Å². The van der Waals surface area contributed by atoms with Gasteiger partial charge in [0.25, 0.3) is 0 Å². The Kier molecular flexibility index (Phi) is 4.24. The number of carbonyl (C=O) groups excluding carboxylic acids is 2. The molecule has 0 saturated carbocycles. The quantitative estimate of drug-likeness (QED) is 0.728. The monoisotopic (exact) mass is 257 g/mol. The summed E-state index contributed by atoms with van der Waals surface area (Å²) in [6.07, 6.45) is 1.63. The van der Waals surface area contributed by atoms with Gasteiger partial charge >= 0.3 is 12.1 Å². The van der Waals surface area contributed by atoms with E-state index in [1.165, 1.54) is 12.0 Å². The molecule has 1 atom stereocenters. The minimum absolute atomic E-state index is 0.346. The number of methoxy groups -OCH3 is 1. The number of ether oxygens (including phenoxy) is 2. The molecule has 0 spiro atoms. The summed E-state index contributed by atoms with van der Waals surface area (Å²) >= 11 is 0. The van der Waals surface area contributed by atoms with Gasteiger partial charge in [-0.15, -0.1) is 0 Å². The molecule has 1 aliphatic rings. The van der Waals surface area contributed by atoms with Crippen LogP contribution in [0.15, 0.2) is 0 Å². The fourth-order valence-electron chi connectivity index (χ4n) is 2.25. The summed E-state index contributed by atoms with van der Waals surface area (Å²) in [6.45, 7) is 7.96. The van der Waals surface area contributed by atoms with Crippen LogP contribution in [0.4, 0.5) is 4.79 Å². The van der Waals surface area contributed by atoms with Crippen molar-refractivity contribution in [2.24, 2.45) is 0 Å². The first-order valence-electron chi connectivity index (χ1n) is 6.36. The van der Waals surface area contributed by atoms with Crippen LogP contribution in [0.1, 0.15) is 47.0 Å². The summed E-state index contributed by atoms with van der Waals surface area (Å²) in [5.74, 6) is -0.346. The normalized spacial score (nSPS) is 23.3. The molecule has 0 bridgehead atoms. The SMILES string of the molecule is CCCC1(C(=O)OC)CCN1C(=O)OC(C)(C)C. The van der Waals surface area contributed by atoms with Crippen molar-refractivity contribution in [2.75, 3.05) is 13.7 Å². The average molecular weight is 257 g/mol. The highest BCUT2D eigenvalue weighted by atomic mass is 16.6. The predicted molar refractivity (Wildman–Crippen MR) is 67.2 cm³/mol. The van der Waals surface area contributed by atoms with Gasteiger partial charge in [0, 0.05) is 6.54 Å². The third-order valence-electron chi connectivity index (χ3n) is 3.11. The Balaban J connectivity index is 2.82. The van der Waals surface area contributed by atoms with Crippen molar-refractivity contribution in [2.45, 2.75) is 58.1 Å². The number of nitrogens with zero attached hydrogens (tertiary/aromatic N) is 1. The standard InChI is InChI=1S/C13H23NO4/c1-6-7-13(10(15)17-5)8-9-14(13)11(16)18-12(2,3)4/h6-9H2,1-5H3. The minimum atomic E-state index is -0.814. The summed E-state index contributed by atoms with van der Waals surface area (Å²) in [5, 5.41) is 0. The van der Waals surface area contributed by atoms with E-state index in [1.54, 1.807) is 0 Å². The molecule has 5 nitrogen and oxygen atoms in total. The molecule has 1 heterocycles. The molecule has 1 aliphatic heterocycles. The second-order valence-electron chi connectivity index (χ2n) is 5.66. The summed E-state index contributed by atoms with van der Waals surface area (Å²) in [5.41, 5.74) is -1.37. The molecule has 18 heavy (non-hydrogen) atoms. The highest BCUT2D eigenvalue weighted by Crippen LogP contribution is 2.37. The number of rotatable bonds is 3. The van der Waals surface area contributed by atoms with E-state index in [0.717, 1.165) is 6.42 Å². The second kappa shape index (κ2) is 5.16. The van der Waals surface area contributed by atoms with Crippen LogP contribution in [0.5, 0.6) is 0 Å². The Labute approximate surface area is 108 Å². The van der Waals surface area contributed by atoms with E-state index in [4.69, 9.17) is 9.47 Å². The van der Waals surface area contributed by atoms with Gasteiger partial charge in [0.15, 0.2) is 0 Å². The zero-order valence-electron chi connectivity index (χ0n) is 11.9. The number of hydrogen-bond donors (Lipinski definition) is 0. The maximum atomic E-state index is 12.0. The summed E-state index contributed by atoms with van der Waals surface area (Å²) in [7, 11) is 1.35. The minimum Gasteiger partial charge on any atom is -0.467 e. The predicted octanol–water partition coefficient (Wildman–Crippen LogP) is 2.34. The zero-order chi connectivity index (χ0) is 14.0. The lowest BCUT2D eigenvalue weighted by Gasteiger charge is -2.49. The van der Waals surface area contributed by atoms with Crippen molar-refractivity contribution in [1.82, 2.24) is 4.90 Å². The van der Waals surface area contributed by atoms with Gasteiger partial charge in [0.2, 0.25) is 0 Å². The lowest BCUT2D eigenvalue weighted by atomic mass is 9.81. The molecule has 0 aliphatic carbocycles. The first-order chi connectivity index (χ1) is 8.27. The van der Waals surface area contributed by atoms with E-state index in [-0.39, 0.29) is 5.97 Å². The fraction of sp³-hybridized carbons (Fsp3) is 0.846. The Hall–Kier alpha value is -1.26. The van der Waals surface area contributed by atoms with Gasteiger partial charge in [-0.2, -0.15) is 0 Å². The highest BCUT2D eigenvalue weighted by Gasteiger charge is 2.54. The zero-order valence-corrected chi connectivity index (χ0v) is 11.9. The average Bonchev–Trinajstić information content (AvgIpc) is 2.20. The fourth-order valence-corrected chi connectivity index (χ4v) is 2.25. The van der Waals surface area contributed by atoms with Crippen molar-refractivity contribution in [3.05, 3.63) is 0 Å². The van der Waals surface area contributed by atoms with E-state index in [9.17, 15) is 9.59 Å². The third-order valence-corrected chi connectivity index (χ3v) is 3.11. The topological polar surface area (TPSA) is 55.8 Å². The number of hydrogen-bond acceptors (Lipinski definition) is 4.